The second kappa shape index (κ2) is 6.03. The summed E-state index contributed by atoms with van der Waals surface area (Å²) in [6, 6.07) is 0. The van der Waals surface area contributed by atoms with Gasteiger partial charge in [-0.05, 0) is 19.3 Å². The second-order valence-corrected chi connectivity index (χ2v) is 5.59. The largest absolute Gasteiger partial charge is 0.356 e. The van der Waals surface area contributed by atoms with Crippen LogP contribution in [0, 0.1) is 0 Å². The van der Waals surface area contributed by atoms with Crippen LogP contribution in [0.1, 0.15) is 25.5 Å². The van der Waals surface area contributed by atoms with Crippen LogP contribution in [0.25, 0.3) is 0 Å². The van der Waals surface area contributed by atoms with Gasteiger partial charge < -0.3 is 15.0 Å². The van der Waals surface area contributed by atoms with Gasteiger partial charge in [0.05, 0.1) is 17.8 Å². The van der Waals surface area contributed by atoms with Gasteiger partial charge >= 0.3 is 0 Å². The quantitative estimate of drug-likeness (QED) is 0.862. The van der Waals surface area contributed by atoms with Crippen LogP contribution in [-0.2, 0) is 9.53 Å². The van der Waals surface area contributed by atoms with Crippen molar-refractivity contribution >= 4 is 23.2 Å². The van der Waals surface area contributed by atoms with Crippen LogP contribution in [0.15, 0.2) is 11.0 Å². The molecule has 1 atom stereocenters. The number of piperazine rings is 1. The van der Waals surface area contributed by atoms with Gasteiger partial charge in [0.25, 0.3) is 5.56 Å². The maximum atomic E-state index is 12.7. The molecule has 3 rings (SSSR count). The van der Waals surface area contributed by atoms with Gasteiger partial charge in [-0.2, -0.15) is 9.78 Å². The van der Waals surface area contributed by atoms with Crippen LogP contribution in [0.5, 0.6) is 0 Å². The number of carbonyl (C=O) groups excluding carboxylic acids is 1. The summed E-state index contributed by atoms with van der Waals surface area (Å²) in [6.07, 6.45) is 3.86. The Hall–Kier alpha value is -1.60. The molecule has 1 unspecified atom stereocenters. The van der Waals surface area contributed by atoms with Crippen LogP contribution < -0.4 is 15.8 Å². The smallest absolute Gasteiger partial charge is 0.294 e. The van der Waals surface area contributed by atoms with Crippen LogP contribution in [-0.4, -0.2) is 41.9 Å². The fourth-order valence-corrected chi connectivity index (χ4v) is 2.92. The lowest BCUT2D eigenvalue weighted by atomic mass is 10.2. The van der Waals surface area contributed by atoms with Crippen LogP contribution in [0.4, 0.5) is 5.69 Å². The molecule has 0 spiro atoms. The number of hydrogen-bond acceptors (Lipinski definition) is 5. The fraction of sp³-hybridized carbons (Fsp3) is 0.615. The molecule has 0 radical (unpaired) electrons. The standard InChI is InChI=1S/C13H17ClN4O3/c14-9-7-16-18(11-3-1-2-6-21-11)13(20)12(9)17-5-4-15-10(19)8-17/h7,11H,1-6,8H2,(H,15,19). The first kappa shape index (κ1) is 14.3. The van der Waals surface area contributed by atoms with Crippen molar-refractivity contribution in [3.05, 3.63) is 21.6 Å². The molecule has 0 aromatic carbocycles. The average molecular weight is 313 g/mol. The highest BCUT2D eigenvalue weighted by Gasteiger charge is 2.25. The molecule has 1 aromatic rings. The zero-order valence-corrected chi connectivity index (χ0v) is 12.3. The van der Waals surface area contributed by atoms with E-state index in [1.807, 2.05) is 0 Å². The molecular weight excluding hydrogens is 296 g/mol. The Morgan fingerprint density at radius 2 is 2.24 bits per heavy atom. The van der Waals surface area contributed by atoms with E-state index in [4.69, 9.17) is 16.3 Å². The van der Waals surface area contributed by atoms with Gasteiger partial charge in [-0.3, -0.25) is 9.59 Å². The number of anilines is 1. The molecule has 2 aliphatic rings. The van der Waals surface area contributed by atoms with Crippen LogP contribution >= 0.6 is 11.6 Å². The Labute approximate surface area is 126 Å². The Morgan fingerprint density at radius 1 is 1.38 bits per heavy atom. The minimum absolute atomic E-state index is 0.117. The number of nitrogens with zero attached hydrogens (tertiary/aromatic N) is 3. The van der Waals surface area contributed by atoms with Crippen molar-refractivity contribution in [3.63, 3.8) is 0 Å². The molecule has 8 heteroatoms. The molecule has 1 amide bonds. The minimum atomic E-state index is -0.346. The lowest BCUT2D eigenvalue weighted by Gasteiger charge is -2.30. The molecule has 2 aliphatic heterocycles. The summed E-state index contributed by atoms with van der Waals surface area (Å²) in [4.78, 5) is 25.9. The van der Waals surface area contributed by atoms with Crippen molar-refractivity contribution in [2.24, 2.45) is 0 Å². The van der Waals surface area contributed by atoms with Gasteiger partial charge in [0, 0.05) is 19.7 Å². The van der Waals surface area contributed by atoms with Crippen molar-refractivity contribution in [3.8, 4) is 0 Å². The number of rotatable bonds is 2. The molecule has 0 aliphatic carbocycles. The maximum Gasteiger partial charge on any atom is 0.294 e. The van der Waals surface area contributed by atoms with Crippen LogP contribution in [0.2, 0.25) is 5.02 Å². The number of aromatic nitrogens is 2. The van der Waals surface area contributed by atoms with E-state index in [9.17, 15) is 9.59 Å². The Kier molecular flexibility index (Phi) is 4.12. The van der Waals surface area contributed by atoms with Gasteiger partial charge in [0.2, 0.25) is 5.91 Å². The Bertz CT molecular complexity index is 598. The van der Waals surface area contributed by atoms with Crippen molar-refractivity contribution in [2.45, 2.75) is 25.5 Å². The zero-order chi connectivity index (χ0) is 14.8. The molecule has 21 heavy (non-hydrogen) atoms. The van der Waals surface area contributed by atoms with Gasteiger partial charge in [-0.1, -0.05) is 11.6 Å². The first-order chi connectivity index (χ1) is 10.2. The number of halogens is 1. The molecule has 114 valence electrons. The normalized spacial score (nSPS) is 23.0. The highest BCUT2D eigenvalue weighted by atomic mass is 35.5. The van der Waals surface area contributed by atoms with E-state index in [2.05, 4.69) is 10.4 Å². The van der Waals surface area contributed by atoms with Gasteiger partial charge in [-0.25, -0.2) is 0 Å². The van der Waals surface area contributed by atoms with Crippen molar-refractivity contribution in [1.82, 2.24) is 15.1 Å². The first-order valence-corrected chi connectivity index (χ1v) is 7.45. The number of carbonyl (C=O) groups is 1. The molecule has 3 heterocycles. The van der Waals surface area contributed by atoms with Gasteiger partial charge in [0.1, 0.15) is 5.69 Å². The average Bonchev–Trinajstić information content (AvgIpc) is 2.48. The van der Waals surface area contributed by atoms with E-state index in [-0.39, 0.29) is 29.3 Å². The first-order valence-electron chi connectivity index (χ1n) is 7.07. The zero-order valence-electron chi connectivity index (χ0n) is 11.5. The molecule has 2 saturated heterocycles. The third-order valence-corrected chi connectivity index (χ3v) is 3.99. The summed E-state index contributed by atoms with van der Waals surface area (Å²) >= 11 is 6.13. The van der Waals surface area contributed by atoms with E-state index in [1.165, 1.54) is 10.9 Å². The van der Waals surface area contributed by atoms with Crippen LogP contribution in [0.3, 0.4) is 0 Å². The number of amides is 1. The lowest BCUT2D eigenvalue weighted by molar-refractivity contribution is -0.120. The molecule has 1 aromatic heterocycles. The van der Waals surface area contributed by atoms with Crippen molar-refractivity contribution < 1.29 is 9.53 Å². The molecular formula is C13H17ClN4O3. The van der Waals surface area contributed by atoms with Crippen molar-refractivity contribution in [1.29, 1.82) is 0 Å². The van der Waals surface area contributed by atoms with Crippen molar-refractivity contribution in [2.75, 3.05) is 31.1 Å². The summed E-state index contributed by atoms with van der Waals surface area (Å²) in [6.45, 7) is 1.81. The van der Waals surface area contributed by atoms with Gasteiger partial charge in [-0.15, -0.1) is 0 Å². The molecule has 2 fully saturated rings. The topological polar surface area (TPSA) is 76.5 Å². The maximum absolute atomic E-state index is 12.7. The summed E-state index contributed by atoms with van der Waals surface area (Å²) in [5.41, 5.74) is 0.0276. The third-order valence-electron chi connectivity index (χ3n) is 3.72. The summed E-state index contributed by atoms with van der Waals surface area (Å²) in [5.74, 6) is -0.117. The van der Waals surface area contributed by atoms with E-state index in [1.54, 1.807) is 4.90 Å². The summed E-state index contributed by atoms with van der Waals surface area (Å²) in [7, 11) is 0. The number of ether oxygens (including phenoxy) is 1. The Morgan fingerprint density at radius 3 is 2.95 bits per heavy atom. The number of nitrogens with one attached hydrogen (secondary N) is 1. The number of hydrogen-bond donors (Lipinski definition) is 1. The van der Waals surface area contributed by atoms with Gasteiger partial charge in [0.15, 0.2) is 6.23 Å². The highest BCUT2D eigenvalue weighted by molar-refractivity contribution is 6.33. The SMILES string of the molecule is O=C1CN(c2c(Cl)cnn(C3CCCCO3)c2=O)CCN1. The summed E-state index contributed by atoms with van der Waals surface area (Å²) < 4.78 is 6.95. The molecule has 0 saturated carbocycles. The second-order valence-electron chi connectivity index (χ2n) is 5.18. The third kappa shape index (κ3) is 2.89. The molecule has 7 nitrogen and oxygen atoms in total. The molecule has 1 N–H and O–H groups in total. The predicted molar refractivity (Wildman–Crippen MR) is 77.6 cm³/mol. The van der Waals surface area contributed by atoms with E-state index >= 15 is 0 Å². The Balaban J connectivity index is 1.95. The summed E-state index contributed by atoms with van der Waals surface area (Å²) in [5, 5.41) is 7.09. The lowest BCUT2D eigenvalue weighted by Crippen LogP contribution is -2.50. The minimum Gasteiger partial charge on any atom is -0.356 e. The molecule has 0 bridgehead atoms. The van der Waals surface area contributed by atoms with E-state index < -0.39 is 0 Å². The predicted octanol–water partition coefficient (Wildman–Crippen LogP) is 0.532. The van der Waals surface area contributed by atoms with E-state index in [0.717, 1.165) is 19.3 Å². The highest BCUT2D eigenvalue weighted by Crippen LogP contribution is 2.24. The monoisotopic (exact) mass is 312 g/mol. The van der Waals surface area contributed by atoms with E-state index in [0.29, 0.717) is 25.4 Å². The fourth-order valence-electron chi connectivity index (χ4n) is 2.67.